The molecule has 0 bridgehead atoms. The Labute approximate surface area is 157 Å². The predicted molar refractivity (Wildman–Crippen MR) is 102 cm³/mol. The van der Waals surface area contributed by atoms with Crippen LogP contribution in [-0.2, 0) is 23.1 Å². The van der Waals surface area contributed by atoms with E-state index in [4.69, 9.17) is 0 Å². The molecule has 0 saturated carbocycles. The normalized spacial score (nSPS) is 16.3. The number of amides is 1. The van der Waals surface area contributed by atoms with Crippen LogP contribution in [0.2, 0.25) is 0 Å². The predicted octanol–water partition coefficient (Wildman–Crippen LogP) is 1.42. The number of carboxylic acids is 1. The molecule has 8 heteroatoms. The summed E-state index contributed by atoms with van der Waals surface area (Å²) in [5, 5.41) is 22.3. The van der Waals surface area contributed by atoms with Gasteiger partial charge < -0.3 is 10.4 Å². The van der Waals surface area contributed by atoms with Gasteiger partial charge in [-0.25, -0.2) is 4.79 Å². The number of hydrogen-bond acceptors (Lipinski definition) is 5. The number of hydrazone groups is 1. The molecule has 8 nitrogen and oxygen atoms in total. The molecule has 2 N–H and O–H groups in total. The number of benzene rings is 1. The first-order chi connectivity index (χ1) is 12.9. The summed E-state index contributed by atoms with van der Waals surface area (Å²) in [4.78, 5) is 24.0. The van der Waals surface area contributed by atoms with Crippen molar-refractivity contribution in [3.8, 4) is 0 Å². The van der Waals surface area contributed by atoms with E-state index in [1.807, 2.05) is 31.6 Å². The van der Waals surface area contributed by atoms with Gasteiger partial charge in [0.15, 0.2) is 6.04 Å². The highest BCUT2D eigenvalue weighted by atomic mass is 16.4. The maximum atomic E-state index is 12.5. The summed E-state index contributed by atoms with van der Waals surface area (Å²) < 4.78 is 1.82. The van der Waals surface area contributed by atoms with Crippen LogP contribution in [0, 0.1) is 13.8 Å². The smallest absolute Gasteiger partial charge is 0.328 e. The Morgan fingerprint density at radius 2 is 1.96 bits per heavy atom. The number of nitrogens with one attached hydrogen (secondary N) is 1. The topological polar surface area (TPSA) is 99.8 Å². The second kappa shape index (κ2) is 7.61. The van der Waals surface area contributed by atoms with Crippen molar-refractivity contribution in [2.75, 3.05) is 11.6 Å². The van der Waals surface area contributed by atoms with Crippen LogP contribution in [0.4, 0.5) is 5.69 Å². The van der Waals surface area contributed by atoms with E-state index in [0.717, 1.165) is 17.0 Å². The zero-order valence-electron chi connectivity index (χ0n) is 15.6. The lowest BCUT2D eigenvalue weighted by Crippen LogP contribution is -2.35. The van der Waals surface area contributed by atoms with E-state index in [1.165, 1.54) is 5.01 Å². The molecule has 0 radical (unpaired) electrons. The highest BCUT2D eigenvalue weighted by Crippen LogP contribution is 2.24. The van der Waals surface area contributed by atoms with E-state index in [-0.39, 0.29) is 18.0 Å². The van der Waals surface area contributed by atoms with Crippen molar-refractivity contribution in [2.24, 2.45) is 12.1 Å². The zero-order chi connectivity index (χ0) is 19.6. The van der Waals surface area contributed by atoms with E-state index in [2.05, 4.69) is 15.5 Å². The third kappa shape index (κ3) is 3.84. The molecule has 1 aliphatic rings. The number of nitrogens with zero attached hydrogens (tertiary/aromatic N) is 4. The van der Waals surface area contributed by atoms with Gasteiger partial charge in [-0.2, -0.15) is 10.2 Å². The number of hydrogen-bond donors (Lipinski definition) is 2. The molecule has 1 unspecified atom stereocenters. The average molecular weight is 369 g/mol. The van der Waals surface area contributed by atoms with Gasteiger partial charge in [0.25, 0.3) is 5.91 Å². The summed E-state index contributed by atoms with van der Waals surface area (Å²) in [6, 6.07) is 8.12. The fourth-order valence-corrected chi connectivity index (χ4v) is 3.24. The van der Waals surface area contributed by atoms with Crippen LogP contribution in [0.1, 0.15) is 23.4 Å². The zero-order valence-corrected chi connectivity index (χ0v) is 15.6. The Morgan fingerprint density at radius 3 is 2.56 bits per heavy atom. The van der Waals surface area contributed by atoms with Crippen LogP contribution in [0.3, 0.4) is 0 Å². The van der Waals surface area contributed by atoms with E-state index in [0.29, 0.717) is 18.7 Å². The molecule has 1 atom stereocenters. The number of rotatable bonds is 6. The van der Waals surface area contributed by atoms with E-state index in [1.54, 1.807) is 24.3 Å². The van der Waals surface area contributed by atoms with Crippen LogP contribution in [0.25, 0.3) is 0 Å². The molecular formula is C19H23N5O3. The van der Waals surface area contributed by atoms with Gasteiger partial charge in [-0.3, -0.25) is 14.5 Å². The lowest BCUT2D eigenvalue weighted by Gasteiger charge is -2.19. The third-order valence-electron chi connectivity index (χ3n) is 4.80. The minimum absolute atomic E-state index is 0.0704. The number of aromatic nitrogens is 2. The number of aryl methyl sites for hydroxylation is 2. The van der Waals surface area contributed by atoms with Gasteiger partial charge in [-0.1, -0.05) is 18.2 Å². The maximum Gasteiger partial charge on any atom is 0.328 e. The number of carbonyl (C=O) groups is 2. The Hall–Kier alpha value is -3.16. The fraction of sp³-hybridized carbons (Fsp3) is 0.368. The fourth-order valence-electron chi connectivity index (χ4n) is 3.24. The molecule has 142 valence electrons. The van der Waals surface area contributed by atoms with Gasteiger partial charge in [0.2, 0.25) is 0 Å². The second-order valence-electron chi connectivity index (χ2n) is 6.56. The first-order valence-corrected chi connectivity index (χ1v) is 8.80. The summed E-state index contributed by atoms with van der Waals surface area (Å²) in [6.45, 7) is 4.38. The molecule has 0 spiro atoms. The summed E-state index contributed by atoms with van der Waals surface area (Å²) in [6.07, 6.45) is 0.732. The van der Waals surface area contributed by atoms with E-state index < -0.39 is 12.0 Å². The monoisotopic (exact) mass is 369 g/mol. The maximum absolute atomic E-state index is 12.5. The summed E-state index contributed by atoms with van der Waals surface area (Å²) in [7, 11) is 1.89. The van der Waals surface area contributed by atoms with Crippen molar-refractivity contribution in [2.45, 2.75) is 32.7 Å². The molecular weight excluding hydrogens is 346 g/mol. The molecule has 0 fully saturated rings. The number of para-hydroxylation sites is 1. The van der Waals surface area contributed by atoms with Crippen molar-refractivity contribution < 1.29 is 14.7 Å². The number of aliphatic carboxylic acids is 1. The second-order valence-corrected chi connectivity index (χ2v) is 6.56. The molecule has 2 aromatic rings. The molecule has 1 aliphatic heterocycles. The minimum Gasteiger partial charge on any atom is -0.480 e. The largest absolute Gasteiger partial charge is 0.480 e. The quantitative estimate of drug-likeness (QED) is 0.802. The Morgan fingerprint density at radius 1 is 1.26 bits per heavy atom. The summed E-state index contributed by atoms with van der Waals surface area (Å²) >= 11 is 0. The van der Waals surface area contributed by atoms with Crippen LogP contribution in [0.15, 0.2) is 35.4 Å². The highest BCUT2D eigenvalue weighted by Gasteiger charge is 2.36. The van der Waals surface area contributed by atoms with Gasteiger partial charge >= 0.3 is 5.97 Å². The molecule has 27 heavy (non-hydrogen) atoms. The third-order valence-corrected chi connectivity index (χ3v) is 4.80. The lowest BCUT2D eigenvalue weighted by atomic mass is 10.1. The number of anilines is 1. The van der Waals surface area contributed by atoms with E-state index >= 15 is 0 Å². The SMILES string of the molecule is Cc1nn(C)c(C)c1CCNC(=O)C1=NN(c2ccccc2)C(C(=O)O)C1. The Kier molecular flexibility index (Phi) is 5.25. The molecule has 1 aromatic heterocycles. The van der Waals surface area contributed by atoms with Gasteiger partial charge in [0, 0.05) is 25.7 Å². The van der Waals surface area contributed by atoms with Crippen molar-refractivity contribution >= 4 is 23.3 Å². The van der Waals surface area contributed by atoms with Crippen molar-refractivity contribution in [1.82, 2.24) is 15.1 Å². The summed E-state index contributed by atoms with van der Waals surface area (Å²) in [5.74, 6) is -1.34. The van der Waals surface area contributed by atoms with Gasteiger partial charge in [-0.15, -0.1) is 0 Å². The first kappa shape index (κ1) is 18.6. The highest BCUT2D eigenvalue weighted by molar-refractivity contribution is 6.40. The molecule has 0 saturated heterocycles. The first-order valence-electron chi connectivity index (χ1n) is 8.80. The Bertz CT molecular complexity index is 888. The standard InChI is InChI=1S/C19H23N5O3/c1-12-15(13(2)23(3)21-12)9-10-20-18(25)16-11-17(19(26)27)24(22-16)14-7-5-4-6-8-14/h4-8,17H,9-11H2,1-3H3,(H,20,25)(H,26,27). The lowest BCUT2D eigenvalue weighted by molar-refractivity contribution is -0.138. The number of carbonyl (C=O) groups excluding carboxylic acids is 1. The number of carboxylic acid groups (broad SMARTS) is 1. The van der Waals surface area contributed by atoms with Gasteiger partial charge in [-0.05, 0) is 38.0 Å². The summed E-state index contributed by atoms with van der Waals surface area (Å²) in [5.41, 5.74) is 4.01. The van der Waals surface area contributed by atoms with Crippen molar-refractivity contribution in [3.63, 3.8) is 0 Å². The molecule has 3 rings (SSSR count). The van der Waals surface area contributed by atoms with Gasteiger partial charge in [0.1, 0.15) is 5.71 Å². The van der Waals surface area contributed by atoms with Crippen molar-refractivity contribution in [1.29, 1.82) is 0 Å². The minimum atomic E-state index is -1.01. The van der Waals surface area contributed by atoms with Crippen LogP contribution in [0.5, 0.6) is 0 Å². The van der Waals surface area contributed by atoms with Crippen LogP contribution < -0.4 is 10.3 Å². The van der Waals surface area contributed by atoms with Crippen LogP contribution >= 0.6 is 0 Å². The van der Waals surface area contributed by atoms with Gasteiger partial charge in [0.05, 0.1) is 11.4 Å². The van der Waals surface area contributed by atoms with Crippen LogP contribution in [-0.4, -0.2) is 45.1 Å². The van der Waals surface area contributed by atoms with E-state index in [9.17, 15) is 14.7 Å². The Balaban J connectivity index is 1.66. The average Bonchev–Trinajstić information content (AvgIpc) is 3.19. The molecule has 1 aromatic carbocycles. The molecule has 1 amide bonds. The molecule has 2 heterocycles. The molecule has 0 aliphatic carbocycles. The van der Waals surface area contributed by atoms with Crippen molar-refractivity contribution in [3.05, 3.63) is 47.3 Å².